The number of hydrogen-bond donors (Lipinski definition) is 1. The van der Waals surface area contributed by atoms with Crippen molar-refractivity contribution in [2.45, 2.75) is 37.8 Å². The highest BCUT2D eigenvalue weighted by molar-refractivity contribution is 5.64. The third kappa shape index (κ3) is 2.95. The quantitative estimate of drug-likeness (QED) is 0.682. The van der Waals surface area contributed by atoms with Gasteiger partial charge in [-0.1, -0.05) is 0 Å². The molecule has 1 N–H and O–H groups in total. The van der Waals surface area contributed by atoms with Crippen molar-refractivity contribution in [1.82, 2.24) is 4.90 Å². The van der Waals surface area contributed by atoms with Gasteiger partial charge in [-0.05, 0) is 38.3 Å². The summed E-state index contributed by atoms with van der Waals surface area (Å²) in [5, 5.41) is 14.5. The molecule has 2 saturated heterocycles. The highest BCUT2D eigenvalue weighted by Crippen LogP contribution is 2.33. The van der Waals surface area contributed by atoms with Crippen LogP contribution in [0.5, 0.6) is 5.75 Å². The van der Waals surface area contributed by atoms with E-state index in [1.807, 2.05) is 0 Å². The zero-order chi connectivity index (χ0) is 14.8. The van der Waals surface area contributed by atoms with Crippen LogP contribution in [0, 0.1) is 10.1 Å². The molecule has 2 aliphatic rings. The fourth-order valence-corrected chi connectivity index (χ4v) is 3.49. The van der Waals surface area contributed by atoms with Gasteiger partial charge in [-0.2, -0.15) is 0 Å². The van der Waals surface area contributed by atoms with Crippen molar-refractivity contribution in [3.8, 4) is 5.75 Å². The van der Waals surface area contributed by atoms with Gasteiger partial charge in [-0.15, -0.1) is 0 Å². The molecular weight excluding hydrogens is 270 g/mol. The maximum absolute atomic E-state index is 11.2. The number of piperidine rings is 1. The van der Waals surface area contributed by atoms with Crippen molar-refractivity contribution < 1.29 is 9.66 Å². The van der Waals surface area contributed by atoms with E-state index in [2.05, 4.69) is 10.2 Å². The van der Waals surface area contributed by atoms with Crippen LogP contribution in [0.25, 0.3) is 0 Å². The smallest absolute Gasteiger partial charge is 0.292 e. The Morgan fingerprint density at radius 1 is 1.38 bits per heavy atom. The zero-order valence-electron chi connectivity index (χ0n) is 12.2. The first-order chi connectivity index (χ1) is 10.2. The van der Waals surface area contributed by atoms with Crippen LogP contribution in [-0.4, -0.2) is 42.1 Å². The second-order valence-corrected chi connectivity index (χ2v) is 5.84. The average molecular weight is 291 g/mol. The maximum Gasteiger partial charge on any atom is 0.292 e. The number of fused-ring (bicyclic) bond motifs is 1. The van der Waals surface area contributed by atoms with Crippen molar-refractivity contribution >= 4 is 11.4 Å². The van der Waals surface area contributed by atoms with E-state index in [-0.39, 0.29) is 10.6 Å². The SMILES string of the molecule is COc1ccc([N+](=O)[O-])c(NC2CCN3CCCC3C2)c1. The Bertz CT molecular complexity index is 535. The van der Waals surface area contributed by atoms with Crippen LogP contribution < -0.4 is 10.1 Å². The van der Waals surface area contributed by atoms with Crippen LogP contribution in [0.1, 0.15) is 25.7 Å². The highest BCUT2D eigenvalue weighted by atomic mass is 16.6. The summed E-state index contributed by atoms with van der Waals surface area (Å²) in [6, 6.07) is 5.80. The van der Waals surface area contributed by atoms with Crippen molar-refractivity contribution in [3.05, 3.63) is 28.3 Å². The van der Waals surface area contributed by atoms with Crippen LogP contribution >= 0.6 is 0 Å². The van der Waals surface area contributed by atoms with Crippen LogP contribution in [0.4, 0.5) is 11.4 Å². The Morgan fingerprint density at radius 3 is 3.00 bits per heavy atom. The number of nitro benzene ring substituents is 1. The molecule has 3 rings (SSSR count). The average Bonchev–Trinajstić information content (AvgIpc) is 2.94. The van der Waals surface area contributed by atoms with Crippen LogP contribution in [0.2, 0.25) is 0 Å². The fourth-order valence-electron chi connectivity index (χ4n) is 3.49. The minimum atomic E-state index is -0.341. The number of anilines is 1. The van der Waals surface area contributed by atoms with Gasteiger partial charge in [0.1, 0.15) is 11.4 Å². The second kappa shape index (κ2) is 5.89. The number of methoxy groups -OCH3 is 1. The number of benzene rings is 1. The molecule has 1 aromatic rings. The van der Waals surface area contributed by atoms with Gasteiger partial charge in [0.2, 0.25) is 0 Å². The fraction of sp³-hybridized carbons (Fsp3) is 0.600. The van der Waals surface area contributed by atoms with Gasteiger partial charge in [0.25, 0.3) is 5.69 Å². The molecule has 6 heteroatoms. The van der Waals surface area contributed by atoms with Gasteiger partial charge >= 0.3 is 0 Å². The third-order valence-electron chi connectivity index (χ3n) is 4.58. The van der Waals surface area contributed by atoms with E-state index in [1.165, 1.54) is 25.5 Å². The first kappa shape index (κ1) is 14.1. The standard InChI is InChI=1S/C15H21N3O3/c1-21-13-4-5-15(18(19)20)14(10-13)16-11-6-8-17-7-2-3-12(17)9-11/h4-5,10-12,16H,2-3,6-9H2,1H3. The molecule has 2 atom stereocenters. The molecule has 21 heavy (non-hydrogen) atoms. The molecule has 0 radical (unpaired) electrons. The summed E-state index contributed by atoms with van der Waals surface area (Å²) < 4.78 is 5.18. The third-order valence-corrected chi connectivity index (χ3v) is 4.58. The van der Waals surface area contributed by atoms with Crippen molar-refractivity contribution in [2.75, 3.05) is 25.5 Å². The van der Waals surface area contributed by atoms with E-state index in [9.17, 15) is 10.1 Å². The molecule has 0 aliphatic carbocycles. The molecular formula is C15H21N3O3. The van der Waals surface area contributed by atoms with Crippen LogP contribution in [0.15, 0.2) is 18.2 Å². The van der Waals surface area contributed by atoms with Crippen molar-refractivity contribution in [2.24, 2.45) is 0 Å². The molecule has 114 valence electrons. The summed E-state index contributed by atoms with van der Waals surface area (Å²) in [6.45, 7) is 2.29. The highest BCUT2D eigenvalue weighted by Gasteiger charge is 2.32. The number of ether oxygens (including phenoxy) is 1. The van der Waals surface area contributed by atoms with E-state index in [1.54, 1.807) is 19.2 Å². The summed E-state index contributed by atoms with van der Waals surface area (Å²) in [6.07, 6.45) is 4.62. The molecule has 2 heterocycles. The number of rotatable bonds is 4. The van der Waals surface area contributed by atoms with E-state index in [0.717, 1.165) is 19.4 Å². The second-order valence-electron chi connectivity index (χ2n) is 5.84. The Balaban J connectivity index is 1.75. The van der Waals surface area contributed by atoms with Gasteiger partial charge < -0.3 is 15.0 Å². The Morgan fingerprint density at radius 2 is 2.24 bits per heavy atom. The summed E-state index contributed by atoms with van der Waals surface area (Å²) in [5.41, 5.74) is 0.681. The van der Waals surface area contributed by atoms with Crippen LogP contribution in [0.3, 0.4) is 0 Å². The van der Waals surface area contributed by atoms with E-state index in [0.29, 0.717) is 23.5 Å². The predicted octanol–water partition coefficient (Wildman–Crippen LogP) is 2.64. The largest absolute Gasteiger partial charge is 0.497 e. The summed E-state index contributed by atoms with van der Waals surface area (Å²) in [4.78, 5) is 13.4. The molecule has 0 saturated carbocycles. The van der Waals surface area contributed by atoms with E-state index in [4.69, 9.17) is 4.74 Å². The molecule has 0 spiro atoms. The van der Waals surface area contributed by atoms with E-state index >= 15 is 0 Å². The van der Waals surface area contributed by atoms with Gasteiger partial charge in [0, 0.05) is 30.8 Å². The zero-order valence-corrected chi connectivity index (χ0v) is 12.2. The van der Waals surface area contributed by atoms with Gasteiger partial charge in [-0.25, -0.2) is 0 Å². The molecule has 1 aromatic carbocycles. The number of nitrogens with zero attached hydrogens (tertiary/aromatic N) is 2. The Kier molecular flexibility index (Phi) is 3.96. The Labute approximate surface area is 124 Å². The minimum absolute atomic E-state index is 0.115. The summed E-state index contributed by atoms with van der Waals surface area (Å²) in [7, 11) is 1.57. The minimum Gasteiger partial charge on any atom is -0.497 e. The molecule has 0 aromatic heterocycles. The first-order valence-corrected chi connectivity index (χ1v) is 7.50. The molecule has 0 amide bonds. The molecule has 0 bridgehead atoms. The lowest BCUT2D eigenvalue weighted by Crippen LogP contribution is -2.42. The van der Waals surface area contributed by atoms with Crippen molar-refractivity contribution in [1.29, 1.82) is 0 Å². The van der Waals surface area contributed by atoms with Crippen LogP contribution in [-0.2, 0) is 0 Å². The normalized spacial score (nSPS) is 25.4. The Hall–Kier alpha value is -1.82. The lowest BCUT2D eigenvalue weighted by Gasteiger charge is -2.35. The lowest BCUT2D eigenvalue weighted by molar-refractivity contribution is -0.384. The topological polar surface area (TPSA) is 67.6 Å². The summed E-state index contributed by atoms with van der Waals surface area (Å²) >= 11 is 0. The molecule has 2 unspecified atom stereocenters. The molecule has 2 fully saturated rings. The summed E-state index contributed by atoms with van der Waals surface area (Å²) in [5.74, 6) is 0.640. The number of hydrogen-bond acceptors (Lipinski definition) is 5. The number of nitrogens with one attached hydrogen (secondary N) is 1. The first-order valence-electron chi connectivity index (χ1n) is 7.50. The van der Waals surface area contributed by atoms with Gasteiger partial charge in [0.15, 0.2) is 0 Å². The predicted molar refractivity (Wildman–Crippen MR) is 80.9 cm³/mol. The lowest BCUT2D eigenvalue weighted by atomic mass is 9.97. The monoisotopic (exact) mass is 291 g/mol. The number of nitro groups is 1. The van der Waals surface area contributed by atoms with Gasteiger partial charge in [-0.3, -0.25) is 10.1 Å². The van der Waals surface area contributed by atoms with E-state index < -0.39 is 0 Å². The maximum atomic E-state index is 11.2. The van der Waals surface area contributed by atoms with Gasteiger partial charge in [0.05, 0.1) is 12.0 Å². The van der Waals surface area contributed by atoms with Crippen molar-refractivity contribution in [3.63, 3.8) is 0 Å². The molecule has 2 aliphatic heterocycles. The molecule has 6 nitrogen and oxygen atoms in total.